The van der Waals surface area contributed by atoms with E-state index in [9.17, 15) is 19.0 Å². The second kappa shape index (κ2) is 15.3. The van der Waals surface area contributed by atoms with Crippen molar-refractivity contribution in [1.29, 1.82) is 0 Å². The fraction of sp³-hybridized carbons (Fsp3) is 0.484. The predicted molar refractivity (Wildman–Crippen MR) is 163 cm³/mol. The van der Waals surface area contributed by atoms with Gasteiger partial charge in [0, 0.05) is 43.2 Å². The topological polar surface area (TPSA) is 130 Å². The van der Waals surface area contributed by atoms with Gasteiger partial charge in [-0.1, -0.05) is 62.2 Å². The van der Waals surface area contributed by atoms with Crippen molar-refractivity contribution >= 4 is 36.6 Å². The van der Waals surface area contributed by atoms with Crippen molar-refractivity contribution in [2.24, 2.45) is 10.2 Å². The minimum absolute atomic E-state index is 0.0172. The first kappa shape index (κ1) is 31.8. The van der Waals surface area contributed by atoms with Gasteiger partial charge < -0.3 is 15.1 Å². The van der Waals surface area contributed by atoms with Crippen molar-refractivity contribution in [3.05, 3.63) is 65.2 Å². The van der Waals surface area contributed by atoms with E-state index < -0.39 is 7.82 Å². The molecule has 11 heteroatoms. The molecule has 2 atom stereocenters. The number of anilines is 1. The number of phosphoric ester groups is 1. The maximum Gasteiger partial charge on any atom is 0.471 e. The Morgan fingerprint density at radius 3 is 2.50 bits per heavy atom. The van der Waals surface area contributed by atoms with Gasteiger partial charge in [0.15, 0.2) is 0 Å². The summed E-state index contributed by atoms with van der Waals surface area (Å²) in [6.07, 6.45) is 5.98. The molecule has 0 spiro atoms. The van der Waals surface area contributed by atoms with Crippen LogP contribution in [0.3, 0.4) is 0 Å². The molecule has 2 amide bonds. The first-order chi connectivity index (χ1) is 20.3. The fourth-order valence-electron chi connectivity index (χ4n) is 5.32. The fourth-order valence-corrected chi connectivity index (χ4v) is 5.78. The Morgan fingerprint density at radius 1 is 1.00 bits per heavy atom. The van der Waals surface area contributed by atoms with Gasteiger partial charge in [0.25, 0.3) is 0 Å². The third-order valence-corrected chi connectivity index (χ3v) is 8.55. The van der Waals surface area contributed by atoms with E-state index in [1.54, 1.807) is 0 Å². The maximum absolute atomic E-state index is 13.6. The van der Waals surface area contributed by atoms with E-state index in [0.29, 0.717) is 45.2 Å². The molecule has 2 N–H and O–H groups in total. The standard InChI is InChI=1S/C31H41N4O6P/c1-3-26-30-25-16-8-9-17-27(25)35(22-23-14-6-7-15-24(23)31(30)34-33-26)29(37)19-11-10-18-28(36)32-20-12-4-5-13-21-41-42(38,39)40-2/h6-9,14-17,26H,3-5,10-13,18-22H2,1-2H3,(H,32,36)(H,38,39). The van der Waals surface area contributed by atoms with Crippen LogP contribution in [-0.4, -0.2) is 43.0 Å². The molecule has 10 nitrogen and oxygen atoms in total. The molecule has 0 saturated carbocycles. The zero-order chi connectivity index (χ0) is 30.0. The summed E-state index contributed by atoms with van der Waals surface area (Å²) in [4.78, 5) is 37.0. The van der Waals surface area contributed by atoms with E-state index in [4.69, 9.17) is 4.52 Å². The molecule has 0 aliphatic carbocycles. The molecule has 2 heterocycles. The number of phosphoric acid groups is 1. The van der Waals surface area contributed by atoms with E-state index in [1.807, 2.05) is 35.2 Å². The highest BCUT2D eigenvalue weighted by Gasteiger charge is 2.32. The highest BCUT2D eigenvalue weighted by Crippen LogP contribution is 2.45. The summed E-state index contributed by atoms with van der Waals surface area (Å²) in [6.45, 7) is 3.29. The molecule has 0 bridgehead atoms. The van der Waals surface area contributed by atoms with Crippen LogP contribution in [0.4, 0.5) is 5.69 Å². The summed E-state index contributed by atoms with van der Waals surface area (Å²) >= 11 is 0. The zero-order valence-corrected chi connectivity index (χ0v) is 25.4. The highest BCUT2D eigenvalue weighted by atomic mass is 31.2. The van der Waals surface area contributed by atoms with E-state index >= 15 is 0 Å². The van der Waals surface area contributed by atoms with Crippen LogP contribution in [0, 0.1) is 0 Å². The number of hydrogen-bond donors (Lipinski definition) is 2. The van der Waals surface area contributed by atoms with Crippen molar-refractivity contribution in [2.45, 2.75) is 77.3 Å². The molecule has 226 valence electrons. The minimum atomic E-state index is -3.90. The van der Waals surface area contributed by atoms with Crippen LogP contribution in [-0.2, 0) is 29.7 Å². The van der Waals surface area contributed by atoms with Gasteiger partial charge in [0.2, 0.25) is 11.8 Å². The maximum atomic E-state index is 13.6. The summed E-state index contributed by atoms with van der Waals surface area (Å²) in [5, 5.41) is 12.1. The van der Waals surface area contributed by atoms with Crippen molar-refractivity contribution in [1.82, 2.24) is 5.32 Å². The quantitative estimate of drug-likeness (QED) is 0.175. The van der Waals surface area contributed by atoms with Crippen molar-refractivity contribution in [3.8, 4) is 0 Å². The Hall–Kier alpha value is -3.17. The number of carbonyl (C=O) groups is 2. The predicted octanol–water partition coefficient (Wildman–Crippen LogP) is 6.65. The lowest BCUT2D eigenvalue weighted by Crippen LogP contribution is -2.32. The largest absolute Gasteiger partial charge is 0.471 e. The van der Waals surface area contributed by atoms with Crippen LogP contribution < -0.4 is 10.2 Å². The van der Waals surface area contributed by atoms with Crippen LogP contribution >= 0.6 is 7.82 Å². The normalized spacial score (nSPS) is 17.1. The molecule has 0 saturated heterocycles. The Labute approximate surface area is 247 Å². The van der Waals surface area contributed by atoms with Gasteiger partial charge >= 0.3 is 7.82 Å². The SMILES string of the molecule is CCC1N=NC2=C1c1ccccc1N(C(=O)CCCCC(=O)NCCCCCCOP(=O)(O)OC)Cc1ccccc12. The van der Waals surface area contributed by atoms with Gasteiger partial charge in [-0.05, 0) is 43.7 Å². The van der Waals surface area contributed by atoms with Gasteiger partial charge in [-0.2, -0.15) is 10.2 Å². The summed E-state index contributed by atoms with van der Waals surface area (Å²) < 4.78 is 20.4. The molecule has 42 heavy (non-hydrogen) atoms. The number of nitrogens with one attached hydrogen (secondary N) is 1. The van der Waals surface area contributed by atoms with Crippen LogP contribution in [0.25, 0.3) is 11.3 Å². The molecular formula is C31H41N4O6P. The second-order valence-electron chi connectivity index (χ2n) is 10.5. The van der Waals surface area contributed by atoms with Crippen molar-refractivity contribution in [3.63, 3.8) is 0 Å². The van der Waals surface area contributed by atoms with E-state index in [-0.39, 0.29) is 24.5 Å². The highest BCUT2D eigenvalue weighted by molar-refractivity contribution is 7.47. The lowest BCUT2D eigenvalue weighted by Gasteiger charge is -2.30. The number of unbranched alkanes of at least 4 members (excludes halogenated alkanes) is 4. The number of para-hydroxylation sites is 1. The molecule has 2 aliphatic rings. The lowest BCUT2D eigenvalue weighted by atomic mass is 9.88. The number of benzene rings is 2. The smallest absolute Gasteiger partial charge is 0.356 e. The number of rotatable bonds is 15. The number of azo groups is 1. The minimum Gasteiger partial charge on any atom is -0.356 e. The molecule has 0 aromatic heterocycles. The number of fused-ring (bicyclic) bond motifs is 4. The first-order valence-electron chi connectivity index (χ1n) is 14.8. The molecule has 4 rings (SSSR count). The molecular weight excluding hydrogens is 555 g/mol. The third kappa shape index (κ3) is 8.22. The van der Waals surface area contributed by atoms with Gasteiger partial charge in [0.05, 0.1) is 30.6 Å². The lowest BCUT2D eigenvalue weighted by molar-refractivity contribution is -0.122. The zero-order valence-electron chi connectivity index (χ0n) is 24.5. The van der Waals surface area contributed by atoms with Gasteiger partial charge in [-0.3, -0.25) is 18.6 Å². The summed E-state index contributed by atoms with van der Waals surface area (Å²) in [6, 6.07) is 16.1. The molecule has 2 unspecified atom stereocenters. The average molecular weight is 597 g/mol. The third-order valence-electron chi connectivity index (χ3n) is 7.58. The van der Waals surface area contributed by atoms with Crippen molar-refractivity contribution < 1.29 is 28.1 Å². The number of carbonyl (C=O) groups excluding carboxylic acids is 2. The van der Waals surface area contributed by atoms with Gasteiger partial charge in [0.1, 0.15) is 0 Å². The summed E-state index contributed by atoms with van der Waals surface area (Å²) in [5.74, 6) is 0.0186. The number of hydrogen-bond acceptors (Lipinski definition) is 7. The first-order valence-corrected chi connectivity index (χ1v) is 16.3. The average Bonchev–Trinajstić information content (AvgIpc) is 3.42. The van der Waals surface area contributed by atoms with Gasteiger partial charge in [-0.25, -0.2) is 4.57 Å². The monoisotopic (exact) mass is 596 g/mol. The van der Waals surface area contributed by atoms with Gasteiger partial charge in [-0.15, -0.1) is 0 Å². The Bertz CT molecular complexity index is 1360. The molecule has 2 aromatic carbocycles. The Morgan fingerprint density at radius 2 is 1.71 bits per heavy atom. The number of nitrogens with zero attached hydrogens (tertiary/aromatic N) is 3. The van der Waals surface area contributed by atoms with Crippen LogP contribution in [0.2, 0.25) is 0 Å². The number of amides is 2. The molecule has 0 radical (unpaired) electrons. The second-order valence-corrected chi connectivity index (χ2v) is 12.1. The van der Waals surface area contributed by atoms with Crippen molar-refractivity contribution in [2.75, 3.05) is 25.2 Å². The Balaban J connectivity index is 1.26. The molecule has 0 fully saturated rings. The van der Waals surface area contributed by atoms with E-state index in [2.05, 4.69) is 45.2 Å². The summed E-state index contributed by atoms with van der Waals surface area (Å²) in [7, 11) is -2.77. The van der Waals surface area contributed by atoms with E-state index in [1.165, 1.54) is 0 Å². The van der Waals surface area contributed by atoms with Crippen LogP contribution in [0.5, 0.6) is 0 Å². The Kier molecular flexibility index (Phi) is 11.6. The summed E-state index contributed by atoms with van der Waals surface area (Å²) in [5.41, 5.74) is 5.92. The van der Waals surface area contributed by atoms with E-state index in [0.717, 1.165) is 66.4 Å². The molecule has 2 aliphatic heterocycles. The molecule has 2 aromatic rings. The van der Waals surface area contributed by atoms with Crippen LogP contribution in [0.15, 0.2) is 58.8 Å². The van der Waals surface area contributed by atoms with Crippen LogP contribution in [0.1, 0.15) is 81.4 Å².